The Bertz CT molecular complexity index is 1870. The average Bonchev–Trinajstić information content (AvgIpc) is 3.09. The molecule has 0 saturated heterocycles. The highest BCUT2D eigenvalue weighted by Gasteiger charge is 2.16. The summed E-state index contributed by atoms with van der Waals surface area (Å²) in [6.45, 7) is 8.28. The third-order valence-corrected chi connectivity index (χ3v) is 7.89. The summed E-state index contributed by atoms with van der Waals surface area (Å²) in [5, 5.41) is 0. The van der Waals surface area contributed by atoms with Crippen LogP contribution < -0.4 is 0 Å². The summed E-state index contributed by atoms with van der Waals surface area (Å²) in [6, 6.07) is 41.0. The van der Waals surface area contributed by atoms with E-state index < -0.39 is 0 Å². The molecular formula is C40H32N6. The van der Waals surface area contributed by atoms with E-state index in [9.17, 15) is 0 Å². The Morgan fingerprint density at radius 2 is 0.478 bits per heavy atom. The number of rotatable bonds is 6. The fourth-order valence-corrected chi connectivity index (χ4v) is 5.13. The topological polar surface area (TPSA) is 77.3 Å². The first-order valence-electron chi connectivity index (χ1n) is 15.3. The van der Waals surface area contributed by atoms with E-state index in [0.29, 0.717) is 34.9 Å². The van der Waals surface area contributed by atoms with Crippen LogP contribution in [0.25, 0.3) is 68.3 Å². The summed E-state index contributed by atoms with van der Waals surface area (Å²) in [4.78, 5) is 29.6. The molecule has 2 aromatic heterocycles. The van der Waals surface area contributed by atoms with Gasteiger partial charge in [-0.05, 0) is 33.8 Å². The molecular weight excluding hydrogens is 564 g/mol. The molecule has 0 amide bonds. The molecule has 0 aliphatic rings. The van der Waals surface area contributed by atoms with E-state index in [0.717, 1.165) is 33.4 Å². The van der Waals surface area contributed by atoms with Crippen molar-refractivity contribution in [2.45, 2.75) is 27.7 Å². The van der Waals surface area contributed by atoms with Gasteiger partial charge in [-0.15, -0.1) is 0 Å². The van der Waals surface area contributed by atoms with Crippen molar-refractivity contribution in [3.05, 3.63) is 144 Å². The molecule has 6 heteroatoms. The molecule has 0 N–H and O–H groups in total. The van der Waals surface area contributed by atoms with E-state index in [4.69, 9.17) is 29.9 Å². The van der Waals surface area contributed by atoms with Crippen molar-refractivity contribution in [2.75, 3.05) is 0 Å². The Balaban J connectivity index is 1.36. The minimum atomic E-state index is 0.578. The summed E-state index contributed by atoms with van der Waals surface area (Å²) < 4.78 is 0. The lowest BCUT2D eigenvalue weighted by molar-refractivity contribution is 1.07. The standard InChI is InChI=1S/C40H32N6/c1-25-8-16-29(17-9-25)35-41-36(30-18-10-26(2)11-19-30)44-39(43-35)33-6-5-7-34(24-33)40-45-37(31-20-12-27(3)13-21-31)42-38(46-40)32-22-14-28(4)15-23-32/h5-24H,1-4H3. The van der Waals surface area contributed by atoms with Gasteiger partial charge in [0.2, 0.25) is 0 Å². The molecule has 0 radical (unpaired) electrons. The minimum absolute atomic E-state index is 0.578. The maximum atomic E-state index is 4.95. The molecule has 6 nitrogen and oxygen atoms in total. The van der Waals surface area contributed by atoms with Crippen molar-refractivity contribution >= 4 is 0 Å². The maximum Gasteiger partial charge on any atom is 0.164 e. The number of aromatic nitrogens is 6. The minimum Gasteiger partial charge on any atom is -0.208 e. The largest absolute Gasteiger partial charge is 0.208 e. The van der Waals surface area contributed by atoms with Gasteiger partial charge in [-0.25, -0.2) is 29.9 Å². The highest BCUT2D eigenvalue weighted by molar-refractivity contribution is 5.72. The first kappa shape index (κ1) is 28.9. The molecule has 2 heterocycles. The maximum absolute atomic E-state index is 4.95. The lowest BCUT2D eigenvalue weighted by Crippen LogP contribution is -2.02. The van der Waals surface area contributed by atoms with Crippen LogP contribution in [0.3, 0.4) is 0 Å². The Morgan fingerprint density at radius 3 is 0.717 bits per heavy atom. The average molecular weight is 597 g/mol. The first-order valence-corrected chi connectivity index (χ1v) is 15.3. The van der Waals surface area contributed by atoms with Crippen LogP contribution in [0.2, 0.25) is 0 Å². The van der Waals surface area contributed by atoms with Gasteiger partial charge < -0.3 is 0 Å². The smallest absolute Gasteiger partial charge is 0.164 e. The third kappa shape index (κ3) is 6.19. The van der Waals surface area contributed by atoms with E-state index in [1.165, 1.54) is 22.3 Å². The van der Waals surface area contributed by atoms with Crippen LogP contribution in [0, 0.1) is 27.7 Å². The molecule has 0 aliphatic heterocycles. The summed E-state index contributed by atoms with van der Waals surface area (Å²) in [6.07, 6.45) is 0. The summed E-state index contributed by atoms with van der Waals surface area (Å²) >= 11 is 0. The van der Waals surface area contributed by atoms with Gasteiger partial charge in [0, 0.05) is 33.4 Å². The quantitative estimate of drug-likeness (QED) is 0.190. The highest BCUT2D eigenvalue weighted by atomic mass is 15.0. The molecule has 0 atom stereocenters. The second-order valence-corrected chi connectivity index (χ2v) is 11.7. The Kier molecular flexibility index (Phi) is 7.69. The SMILES string of the molecule is Cc1ccc(-c2nc(-c3ccc(C)cc3)nc(-c3cccc(-c4nc(-c5ccc(C)cc5)nc(-c5ccc(C)cc5)n4)c3)n2)cc1. The zero-order valence-electron chi connectivity index (χ0n) is 26.2. The molecule has 222 valence electrons. The Hall–Kier alpha value is -5.88. The van der Waals surface area contributed by atoms with Crippen LogP contribution in [0.5, 0.6) is 0 Å². The second-order valence-electron chi connectivity index (χ2n) is 11.7. The van der Waals surface area contributed by atoms with Crippen molar-refractivity contribution in [3.8, 4) is 68.3 Å². The van der Waals surface area contributed by atoms with Crippen molar-refractivity contribution in [1.82, 2.24) is 29.9 Å². The molecule has 5 aromatic carbocycles. The van der Waals surface area contributed by atoms with Crippen molar-refractivity contribution in [2.24, 2.45) is 0 Å². The number of nitrogens with zero attached hydrogens (tertiary/aromatic N) is 6. The fourth-order valence-electron chi connectivity index (χ4n) is 5.13. The van der Waals surface area contributed by atoms with E-state index >= 15 is 0 Å². The Morgan fingerprint density at radius 1 is 0.261 bits per heavy atom. The lowest BCUT2D eigenvalue weighted by Gasteiger charge is -2.11. The van der Waals surface area contributed by atoms with Crippen LogP contribution in [-0.2, 0) is 0 Å². The van der Waals surface area contributed by atoms with Crippen LogP contribution >= 0.6 is 0 Å². The molecule has 46 heavy (non-hydrogen) atoms. The molecule has 0 spiro atoms. The molecule has 7 aromatic rings. The number of hydrogen-bond donors (Lipinski definition) is 0. The van der Waals surface area contributed by atoms with Gasteiger partial charge in [-0.3, -0.25) is 0 Å². The van der Waals surface area contributed by atoms with E-state index in [1.807, 2.05) is 72.8 Å². The van der Waals surface area contributed by atoms with Gasteiger partial charge in [-0.2, -0.15) is 0 Å². The van der Waals surface area contributed by atoms with Gasteiger partial charge >= 0.3 is 0 Å². The fraction of sp³-hybridized carbons (Fsp3) is 0.100. The van der Waals surface area contributed by atoms with Crippen LogP contribution in [0.4, 0.5) is 0 Å². The lowest BCUT2D eigenvalue weighted by atomic mass is 10.1. The second kappa shape index (κ2) is 12.3. The van der Waals surface area contributed by atoms with E-state index in [2.05, 4.69) is 76.2 Å². The van der Waals surface area contributed by atoms with E-state index in [-0.39, 0.29) is 0 Å². The van der Waals surface area contributed by atoms with Crippen molar-refractivity contribution in [3.63, 3.8) is 0 Å². The zero-order valence-corrected chi connectivity index (χ0v) is 26.2. The van der Waals surface area contributed by atoms with Crippen LogP contribution in [0.15, 0.2) is 121 Å². The molecule has 0 bridgehead atoms. The molecule has 0 aliphatic carbocycles. The number of aryl methyl sites for hydroxylation is 4. The third-order valence-electron chi connectivity index (χ3n) is 7.89. The summed E-state index contributed by atoms with van der Waals surface area (Å²) in [7, 11) is 0. The first-order chi connectivity index (χ1) is 22.4. The number of hydrogen-bond acceptors (Lipinski definition) is 6. The molecule has 7 rings (SSSR count). The van der Waals surface area contributed by atoms with Crippen LogP contribution in [-0.4, -0.2) is 29.9 Å². The van der Waals surface area contributed by atoms with Gasteiger partial charge in [0.15, 0.2) is 34.9 Å². The van der Waals surface area contributed by atoms with Crippen molar-refractivity contribution in [1.29, 1.82) is 0 Å². The normalized spacial score (nSPS) is 11.0. The number of benzene rings is 5. The van der Waals surface area contributed by atoms with Crippen molar-refractivity contribution < 1.29 is 0 Å². The summed E-state index contributed by atoms with van der Waals surface area (Å²) in [5.41, 5.74) is 10.1. The molecule has 0 unspecified atom stereocenters. The highest BCUT2D eigenvalue weighted by Crippen LogP contribution is 2.29. The summed E-state index contributed by atoms with van der Waals surface area (Å²) in [5.74, 6) is 3.64. The molecule has 0 saturated carbocycles. The Labute approximate surface area is 269 Å². The van der Waals surface area contributed by atoms with E-state index in [1.54, 1.807) is 0 Å². The predicted molar refractivity (Wildman–Crippen MR) is 185 cm³/mol. The van der Waals surface area contributed by atoms with Gasteiger partial charge in [0.25, 0.3) is 0 Å². The van der Waals surface area contributed by atoms with Gasteiger partial charge in [0.1, 0.15) is 0 Å². The monoisotopic (exact) mass is 596 g/mol. The predicted octanol–water partition coefficient (Wildman–Crippen LogP) is 9.29. The zero-order chi connectivity index (χ0) is 31.6. The van der Waals surface area contributed by atoms with Gasteiger partial charge in [-0.1, -0.05) is 138 Å². The van der Waals surface area contributed by atoms with Gasteiger partial charge in [0.05, 0.1) is 0 Å². The van der Waals surface area contributed by atoms with Crippen LogP contribution in [0.1, 0.15) is 22.3 Å². The molecule has 0 fully saturated rings.